The molecule has 3 rings (SSSR count). The van der Waals surface area contributed by atoms with Crippen molar-refractivity contribution in [2.24, 2.45) is 11.7 Å². The molecule has 2 aliphatic heterocycles. The van der Waals surface area contributed by atoms with Crippen LogP contribution in [0.3, 0.4) is 0 Å². The summed E-state index contributed by atoms with van der Waals surface area (Å²) in [4.78, 5) is 30.2. The van der Waals surface area contributed by atoms with Gasteiger partial charge in [0.05, 0.1) is 6.54 Å². The molecule has 2 heterocycles. The number of halogens is 1. The number of primary amides is 1. The highest BCUT2D eigenvalue weighted by Crippen LogP contribution is 2.23. The third-order valence-electron chi connectivity index (χ3n) is 6.04. The van der Waals surface area contributed by atoms with Gasteiger partial charge in [-0.2, -0.15) is 0 Å². The van der Waals surface area contributed by atoms with Crippen LogP contribution in [-0.2, 0) is 16.1 Å². The Morgan fingerprint density at radius 2 is 1.86 bits per heavy atom. The van der Waals surface area contributed by atoms with Gasteiger partial charge in [0, 0.05) is 37.7 Å². The predicted molar refractivity (Wildman–Crippen MR) is 106 cm³/mol. The lowest BCUT2D eigenvalue weighted by Crippen LogP contribution is -2.51. The van der Waals surface area contributed by atoms with Crippen LogP contribution in [0.25, 0.3) is 0 Å². The molecule has 1 atom stereocenters. The molecular weight excluding hydrogens is 359 g/mol. The van der Waals surface area contributed by atoms with E-state index in [1.165, 1.54) is 6.07 Å². The minimum Gasteiger partial charge on any atom is -0.369 e. The standard InChI is InChI=1S/C21H31FN4O2/c1-24(21(28)16-8-11-25(12-9-16)15-20(23)27)18-6-4-10-26(14-18)13-17-5-2-3-7-19(17)22/h2-3,5,7,16,18H,4,6,8-15H2,1H3,(H2,23,27). The minimum absolute atomic E-state index is 0.0103. The van der Waals surface area contributed by atoms with Crippen LogP contribution >= 0.6 is 0 Å². The largest absolute Gasteiger partial charge is 0.369 e. The van der Waals surface area contributed by atoms with Crippen molar-refractivity contribution in [1.29, 1.82) is 0 Å². The number of carbonyl (C=O) groups excluding carboxylic acids is 2. The second-order valence-electron chi connectivity index (χ2n) is 8.09. The van der Waals surface area contributed by atoms with Crippen LogP contribution in [0.5, 0.6) is 0 Å². The molecule has 6 nitrogen and oxygen atoms in total. The summed E-state index contributed by atoms with van der Waals surface area (Å²) < 4.78 is 14.0. The number of piperidine rings is 2. The average molecular weight is 391 g/mol. The van der Waals surface area contributed by atoms with Gasteiger partial charge in [-0.25, -0.2) is 4.39 Å². The van der Waals surface area contributed by atoms with Crippen molar-refractivity contribution >= 4 is 11.8 Å². The number of carbonyl (C=O) groups is 2. The Hall–Kier alpha value is -1.99. The quantitative estimate of drug-likeness (QED) is 0.798. The third kappa shape index (κ3) is 5.29. The summed E-state index contributed by atoms with van der Waals surface area (Å²) in [6.07, 6.45) is 3.52. The van der Waals surface area contributed by atoms with Crippen LogP contribution in [0.15, 0.2) is 24.3 Å². The highest BCUT2D eigenvalue weighted by Gasteiger charge is 2.32. The molecule has 7 heteroatoms. The van der Waals surface area contributed by atoms with E-state index in [0.29, 0.717) is 12.1 Å². The highest BCUT2D eigenvalue weighted by molar-refractivity contribution is 5.79. The molecule has 2 fully saturated rings. The molecule has 1 unspecified atom stereocenters. The SMILES string of the molecule is CN(C(=O)C1CCN(CC(N)=O)CC1)C1CCCN(Cc2ccccc2F)C1. The monoisotopic (exact) mass is 390 g/mol. The van der Waals surface area contributed by atoms with Gasteiger partial charge in [0.1, 0.15) is 5.82 Å². The summed E-state index contributed by atoms with van der Waals surface area (Å²) in [5, 5.41) is 0. The van der Waals surface area contributed by atoms with Crippen LogP contribution in [0.2, 0.25) is 0 Å². The Kier molecular flexibility index (Phi) is 7.02. The Bertz CT molecular complexity index is 691. The number of likely N-dealkylation sites (tertiary alicyclic amines) is 2. The number of hydrogen-bond donors (Lipinski definition) is 1. The Morgan fingerprint density at radius 1 is 1.14 bits per heavy atom. The van der Waals surface area contributed by atoms with Gasteiger partial charge in [-0.1, -0.05) is 18.2 Å². The van der Waals surface area contributed by atoms with Crippen molar-refractivity contribution in [2.75, 3.05) is 39.8 Å². The lowest BCUT2D eigenvalue weighted by molar-refractivity contribution is -0.139. The maximum absolute atomic E-state index is 14.0. The first-order chi connectivity index (χ1) is 13.4. The van der Waals surface area contributed by atoms with E-state index in [2.05, 4.69) is 4.90 Å². The van der Waals surface area contributed by atoms with Gasteiger partial charge in [-0.05, 0) is 51.4 Å². The summed E-state index contributed by atoms with van der Waals surface area (Å²) in [7, 11) is 1.90. The molecule has 2 saturated heterocycles. The number of amides is 2. The molecule has 2 amide bonds. The summed E-state index contributed by atoms with van der Waals surface area (Å²) in [6, 6.07) is 7.06. The van der Waals surface area contributed by atoms with Gasteiger partial charge in [0.15, 0.2) is 0 Å². The molecule has 0 saturated carbocycles. The van der Waals surface area contributed by atoms with Crippen LogP contribution in [-0.4, -0.2) is 72.3 Å². The fourth-order valence-corrected chi connectivity index (χ4v) is 4.38. The average Bonchev–Trinajstić information content (AvgIpc) is 2.69. The lowest BCUT2D eigenvalue weighted by Gasteiger charge is -2.40. The molecule has 1 aromatic rings. The van der Waals surface area contributed by atoms with Crippen LogP contribution in [0.1, 0.15) is 31.2 Å². The van der Waals surface area contributed by atoms with Gasteiger partial charge in [0.2, 0.25) is 11.8 Å². The van der Waals surface area contributed by atoms with Crippen molar-refractivity contribution in [3.05, 3.63) is 35.6 Å². The minimum atomic E-state index is -0.320. The van der Waals surface area contributed by atoms with Crippen LogP contribution in [0.4, 0.5) is 4.39 Å². The molecule has 2 N–H and O–H groups in total. The smallest absolute Gasteiger partial charge is 0.231 e. The van der Waals surface area contributed by atoms with Crippen LogP contribution < -0.4 is 5.73 Å². The van der Waals surface area contributed by atoms with Crippen molar-refractivity contribution in [1.82, 2.24) is 14.7 Å². The molecule has 0 radical (unpaired) electrons. The zero-order valence-electron chi connectivity index (χ0n) is 16.6. The van der Waals surface area contributed by atoms with Crippen molar-refractivity contribution in [2.45, 2.75) is 38.3 Å². The van der Waals surface area contributed by atoms with Gasteiger partial charge in [-0.15, -0.1) is 0 Å². The maximum atomic E-state index is 14.0. The number of hydrogen-bond acceptors (Lipinski definition) is 4. The fraction of sp³-hybridized carbons (Fsp3) is 0.619. The van der Waals surface area contributed by atoms with E-state index in [9.17, 15) is 14.0 Å². The van der Waals surface area contributed by atoms with Crippen molar-refractivity contribution in [3.8, 4) is 0 Å². The first-order valence-corrected chi connectivity index (χ1v) is 10.2. The van der Waals surface area contributed by atoms with E-state index in [1.807, 2.05) is 29.0 Å². The normalized spacial score (nSPS) is 22.1. The van der Waals surface area contributed by atoms with Gasteiger partial charge in [-0.3, -0.25) is 19.4 Å². The van der Waals surface area contributed by atoms with E-state index in [1.54, 1.807) is 6.07 Å². The summed E-state index contributed by atoms with van der Waals surface area (Å²) in [5.74, 6) is -0.289. The zero-order valence-corrected chi connectivity index (χ0v) is 16.6. The molecule has 154 valence electrons. The molecular formula is C21H31FN4O2. The molecule has 2 aliphatic rings. The lowest BCUT2D eigenvalue weighted by atomic mass is 9.93. The Morgan fingerprint density at radius 3 is 2.54 bits per heavy atom. The Labute approximate surface area is 166 Å². The number of rotatable bonds is 6. The first-order valence-electron chi connectivity index (χ1n) is 10.2. The number of nitrogens with two attached hydrogens (primary N) is 1. The first kappa shape index (κ1) is 20.7. The Balaban J connectivity index is 1.52. The van der Waals surface area contributed by atoms with Gasteiger partial charge in [0.25, 0.3) is 0 Å². The number of likely N-dealkylation sites (N-methyl/N-ethyl adjacent to an activating group) is 1. The molecule has 0 aromatic heterocycles. The summed E-state index contributed by atoms with van der Waals surface area (Å²) >= 11 is 0. The summed E-state index contributed by atoms with van der Waals surface area (Å²) in [6.45, 7) is 4.02. The topological polar surface area (TPSA) is 69.9 Å². The van der Waals surface area contributed by atoms with E-state index >= 15 is 0 Å². The molecule has 0 spiro atoms. The van der Waals surface area contributed by atoms with E-state index < -0.39 is 0 Å². The van der Waals surface area contributed by atoms with Gasteiger partial charge < -0.3 is 10.6 Å². The van der Waals surface area contributed by atoms with Gasteiger partial charge >= 0.3 is 0 Å². The maximum Gasteiger partial charge on any atom is 0.231 e. The highest BCUT2D eigenvalue weighted by atomic mass is 19.1. The summed E-state index contributed by atoms with van der Waals surface area (Å²) in [5.41, 5.74) is 5.96. The van der Waals surface area contributed by atoms with Crippen LogP contribution in [0, 0.1) is 11.7 Å². The second kappa shape index (κ2) is 9.47. The second-order valence-corrected chi connectivity index (χ2v) is 8.09. The molecule has 0 aliphatic carbocycles. The number of nitrogens with zero attached hydrogens (tertiary/aromatic N) is 3. The van der Waals surface area contributed by atoms with Crippen molar-refractivity contribution < 1.29 is 14.0 Å². The predicted octanol–water partition coefficient (Wildman–Crippen LogP) is 1.45. The fourth-order valence-electron chi connectivity index (χ4n) is 4.38. The van der Waals surface area contributed by atoms with E-state index in [-0.39, 0.29) is 36.1 Å². The zero-order chi connectivity index (χ0) is 20.1. The van der Waals surface area contributed by atoms with Crippen molar-refractivity contribution in [3.63, 3.8) is 0 Å². The number of benzene rings is 1. The van der Waals surface area contributed by atoms with E-state index in [0.717, 1.165) is 51.9 Å². The molecule has 0 bridgehead atoms. The third-order valence-corrected chi connectivity index (χ3v) is 6.04. The van der Waals surface area contributed by atoms with E-state index in [4.69, 9.17) is 5.73 Å². The molecule has 28 heavy (non-hydrogen) atoms. The molecule has 1 aromatic carbocycles.